The Kier molecular flexibility index (Phi) is 2.76. The summed E-state index contributed by atoms with van der Waals surface area (Å²) in [6.07, 6.45) is -2.24. The third-order valence-electron chi connectivity index (χ3n) is 3.65. The summed E-state index contributed by atoms with van der Waals surface area (Å²) in [5.41, 5.74) is -0.750. The quantitative estimate of drug-likeness (QED) is 0.714. The number of hydrogen-bond donors (Lipinski definition) is 0. The van der Waals surface area contributed by atoms with Crippen LogP contribution >= 0.6 is 0 Å². The van der Waals surface area contributed by atoms with Gasteiger partial charge in [-0.1, -0.05) is 5.16 Å². The van der Waals surface area contributed by atoms with Crippen LogP contribution in [-0.2, 0) is 11.0 Å². The SMILES string of the molecule is Fc1ccc(C2=NO[C@@H]3CCC[C@H]23)c(C(F)(F)F)c1. The van der Waals surface area contributed by atoms with Crippen molar-refractivity contribution in [2.24, 2.45) is 11.1 Å². The molecule has 0 saturated heterocycles. The Morgan fingerprint density at radius 3 is 2.74 bits per heavy atom. The molecular weight excluding hydrogens is 262 g/mol. The lowest BCUT2D eigenvalue weighted by Crippen LogP contribution is -2.21. The van der Waals surface area contributed by atoms with Crippen LogP contribution in [0.15, 0.2) is 23.4 Å². The third kappa shape index (κ3) is 2.09. The topological polar surface area (TPSA) is 21.6 Å². The number of halogens is 4. The molecule has 0 bridgehead atoms. The van der Waals surface area contributed by atoms with Crippen LogP contribution in [0.3, 0.4) is 0 Å². The van der Waals surface area contributed by atoms with E-state index in [9.17, 15) is 17.6 Å². The molecule has 0 N–H and O–H groups in total. The zero-order valence-corrected chi connectivity index (χ0v) is 9.88. The molecule has 1 aromatic carbocycles. The lowest BCUT2D eigenvalue weighted by molar-refractivity contribution is -0.137. The van der Waals surface area contributed by atoms with Crippen molar-refractivity contribution in [3.8, 4) is 0 Å². The first kappa shape index (κ1) is 12.4. The van der Waals surface area contributed by atoms with E-state index in [4.69, 9.17) is 4.84 Å². The molecule has 0 amide bonds. The average Bonchev–Trinajstić information content (AvgIpc) is 2.90. The molecule has 1 heterocycles. The van der Waals surface area contributed by atoms with E-state index in [2.05, 4.69) is 5.16 Å². The number of nitrogens with zero attached hydrogens (tertiary/aromatic N) is 1. The lowest BCUT2D eigenvalue weighted by Gasteiger charge is -2.15. The van der Waals surface area contributed by atoms with E-state index < -0.39 is 17.6 Å². The number of rotatable bonds is 1. The van der Waals surface area contributed by atoms with Gasteiger partial charge in [-0.25, -0.2) is 4.39 Å². The van der Waals surface area contributed by atoms with Crippen molar-refractivity contribution in [1.29, 1.82) is 0 Å². The molecule has 0 aromatic heterocycles. The number of oxime groups is 1. The van der Waals surface area contributed by atoms with Crippen molar-refractivity contribution in [2.75, 3.05) is 0 Å². The lowest BCUT2D eigenvalue weighted by atomic mass is 9.91. The van der Waals surface area contributed by atoms with Gasteiger partial charge in [-0.2, -0.15) is 13.2 Å². The van der Waals surface area contributed by atoms with Gasteiger partial charge in [-0.05, 0) is 37.5 Å². The van der Waals surface area contributed by atoms with Crippen LogP contribution < -0.4 is 0 Å². The van der Waals surface area contributed by atoms with Crippen LogP contribution in [0.5, 0.6) is 0 Å². The van der Waals surface area contributed by atoms with Gasteiger partial charge in [0.25, 0.3) is 0 Å². The fourth-order valence-corrected chi connectivity index (χ4v) is 2.78. The largest absolute Gasteiger partial charge is 0.417 e. The third-order valence-corrected chi connectivity index (χ3v) is 3.65. The Balaban J connectivity index is 2.06. The van der Waals surface area contributed by atoms with Gasteiger partial charge in [0.15, 0.2) is 0 Å². The van der Waals surface area contributed by atoms with Gasteiger partial charge in [0, 0.05) is 11.5 Å². The minimum absolute atomic E-state index is 0.0664. The fraction of sp³-hybridized carbons (Fsp3) is 0.462. The van der Waals surface area contributed by atoms with E-state index in [0.717, 1.165) is 31.4 Å². The van der Waals surface area contributed by atoms with Crippen molar-refractivity contribution in [1.82, 2.24) is 0 Å². The monoisotopic (exact) mass is 273 g/mol. The molecule has 19 heavy (non-hydrogen) atoms. The fourth-order valence-electron chi connectivity index (χ4n) is 2.78. The van der Waals surface area contributed by atoms with Crippen molar-refractivity contribution in [2.45, 2.75) is 31.5 Å². The second kappa shape index (κ2) is 4.21. The average molecular weight is 273 g/mol. The Morgan fingerprint density at radius 2 is 2.00 bits per heavy atom. The highest BCUT2D eigenvalue weighted by atomic mass is 19.4. The molecule has 0 unspecified atom stereocenters. The molecule has 1 fully saturated rings. The number of fused-ring (bicyclic) bond motifs is 1. The molecular formula is C13H11F4NO. The standard InChI is InChI=1S/C13H11F4NO/c14-7-4-5-8(10(6-7)13(15,16)17)12-9-2-1-3-11(9)19-18-12/h4-6,9,11H,1-3H2/t9-,11+/m0/s1. The highest BCUT2D eigenvalue weighted by Crippen LogP contribution is 2.40. The Bertz CT molecular complexity index is 538. The maximum Gasteiger partial charge on any atom is 0.417 e. The summed E-state index contributed by atoms with van der Waals surface area (Å²) in [5, 5.41) is 3.79. The minimum atomic E-state index is -4.60. The first-order chi connectivity index (χ1) is 8.97. The van der Waals surface area contributed by atoms with Crippen LogP contribution in [0.4, 0.5) is 17.6 Å². The number of alkyl halides is 3. The predicted octanol–water partition coefficient (Wildman–Crippen LogP) is 3.75. The van der Waals surface area contributed by atoms with Crippen LogP contribution in [0.1, 0.15) is 30.4 Å². The van der Waals surface area contributed by atoms with Gasteiger partial charge in [-0.3, -0.25) is 0 Å². The summed E-state index contributed by atoms with van der Waals surface area (Å²) in [5.74, 6) is -1.01. The van der Waals surface area contributed by atoms with Crippen molar-refractivity contribution >= 4 is 5.71 Å². The van der Waals surface area contributed by atoms with Gasteiger partial charge in [0.1, 0.15) is 11.9 Å². The van der Waals surface area contributed by atoms with Crippen molar-refractivity contribution < 1.29 is 22.4 Å². The van der Waals surface area contributed by atoms with Gasteiger partial charge in [0.05, 0.1) is 11.3 Å². The van der Waals surface area contributed by atoms with Gasteiger partial charge >= 0.3 is 6.18 Å². The first-order valence-corrected chi connectivity index (χ1v) is 6.07. The second-order valence-corrected chi connectivity index (χ2v) is 4.85. The summed E-state index contributed by atoms with van der Waals surface area (Å²) in [4.78, 5) is 5.17. The van der Waals surface area contributed by atoms with E-state index in [-0.39, 0.29) is 17.6 Å². The Labute approximate surface area is 107 Å². The molecule has 2 aliphatic rings. The van der Waals surface area contributed by atoms with E-state index in [1.165, 1.54) is 0 Å². The number of benzene rings is 1. The van der Waals surface area contributed by atoms with E-state index in [1.54, 1.807) is 0 Å². The molecule has 2 atom stereocenters. The molecule has 1 aromatic rings. The van der Waals surface area contributed by atoms with E-state index >= 15 is 0 Å². The molecule has 102 valence electrons. The van der Waals surface area contributed by atoms with Gasteiger partial charge in [-0.15, -0.1) is 0 Å². The summed E-state index contributed by atoms with van der Waals surface area (Å²) in [6.45, 7) is 0. The maximum atomic E-state index is 13.1. The summed E-state index contributed by atoms with van der Waals surface area (Å²) < 4.78 is 52.0. The van der Waals surface area contributed by atoms with Crippen LogP contribution in [-0.4, -0.2) is 11.8 Å². The minimum Gasteiger partial charge on any atom is -0.392 e. The first-order valence-electron chi connectivity index (χ1n) is 6.07. The van der Waals surface area contributed by atoms with Crippen molar-refractivity contribution in [3.63, 3.8) is 0 Å². The zero-order valence-electron chi connectivity index (χ0n) is 9.88. The number of hydrogen-bond acceptors (Lipinski definition) is 2. The Hall–Kier alpha value is -1.59. The maximum absolute atomic E-state index is 13.1. The molecule has 1 aliphatic heterocycles. The summed E-state index contributed by atoms with van der Waals surface area (Å²) in [6, 6.07) is 2.68. The van der Waals surface area contributed by atoms with Crippen LogP contribution in [0.25, 0.3) is 0 Å². The normalized spacial score (nSPS) is 26.0. The van der Waals surface area contributed by atoms with Crippen molar-refractivity contribution in [3.05, 3.63) is 35.1 Å². The molecule has 6 heteroatoms. The Morgan fingerprint density at radius 1 is 1.21 bits per heavy atom. The van der Waals surface area contributed by atoms with Crippen LogP contribution in [0.2, 0.25) is 0 Å². The molecule has 2 nitrogen and oxygen atoms in total. The van der Waals surface area contributed by atoms with Crippen LogP contribution in [0, 0.1) is 11.7 Å². The summed E-state index contributed by atoms with van der Waals surface area (Å²) in [7, 11) is 0. The smallest absolute Gasteiger partial charge is 0.392 e. The summed E-state index contributed by atoms with van der Waals surface area (Å²) >= 11 is 0. The molecule has 1 aliphatic carbocycles. The predicted molar refractivity (Wildman–Crippen MR) is 60.2 cm³/mol. The molecule has 0 radical (unpaired) electrons. The van der Waals surface area contributed by atoms with E-state index in [1.807, 2.05) is 0 Å². The van der Waals surface area contributed by atoms with Gasteiger partial charge < -0.3 is 4.84 Å². The molecule has 3 rings (SSSR count). The molecule has 0 spiro atoms. The highest BCUT2D eigenvalue weighted by molar-refractivity contribution is 6.04. The highest BCUT2D eigenvalue weighted by Gasteiger charge is 2.42. The van der Waals surface area contributed by atoms with E-state index in [0.29, 0.717) is 11.8 Å². The second-order valence-electron chi connectivity index (χ2n) is 4.85. The molecule has 1 saturated carbocycles. The zero-order chi connectivity index (χ0) is 13.6. The van der Waals surface area contributed by atoms with Gasteiger partial charge in [0.2, 0.25) is 0 Å².